The standard InChI is InChI=1S/C12H18N4O3S/c1-16(6-9-7-20-8-14-9)11(17)12(10(13)15-18)2-4-19-5-3-12/h7-8,18H,2-6H2,1H3,(H2,13,15). The highest BCUT2D eigenvalue weighted by molar-refractivity contribution is 7.07. The van der Waals surface area contributed by atoms with Gasteiger partial charge in [0, 0.05) is 25.6 Å². The van der Waals surface area contributed by atoms with Crippen molar-refractivity contribution >= 4 is 23.1 Å². The normalized spacial score (nSPS) is 18.8. The van der Waals surface area contributed by atoms with Crippen LogP contribution in [0, 0.1) is 5.41 Å². The third-order valence-corrected chi connectivity index (χ3v) is 4.22. The fraction of sp³-hybridized carbons (Fsp3) is 0.583. The van der Waals surface area contributed by atoms with E-state index in [9.17, 15) is 4.79 Å². The van der Waals surface area contributed by atoms with Gasteiger partial charge in [-0.1, -0.05) is 5.16 Å². The molecule has 1 amide bonds. The van der Waals surface area contributed by atoms with E-state index in [0.717, 1.165) is 5.69 Å². The van der Waals surface area contributed by atoms with Gasteiger partial charge in [-0.25, -0.2) is 4.98 Å². The number of ether oxygens (including phenoxy) is 1. The van der Waals surface area contributed by atoms with Crippen molar-refractivity contribution < 1.29 is 14.7 Å². The molecule has 2 heterocycles. The lowest BCUT2D eigenvalue weighted by Gasteiger charge is -2.37. The molecule has 2 rings (SSSR count). The van der Waals surface area contributed by atoms with Crippen LogP contribution in [0.4, 0.5) is 0 Å². The Morgan fingerprint density at radius 3 is 2.90 bits per heavy atom. The van der Waals surface area contributed by atoms with Crippen molar-refractivity contribution in [2.24, 2.45) is 16.3 Å². The number of aromatic nitrogens is 1. The summed E-state index contributed by atoms with van der Waals surface area (Å²) in [6.07, 6.45) is 0.840. The molecule has 0 radical (unpaired) electrons. The van der Waals surface area contributed by atoms with E-state index in [0.29, 0.717) is 32.6 Å². The van der Waals surface area contributed by atoms with Crippen molar-refractivity contribution in [3.63, 3.8) is 0 Å². The molecule has 1 aliphatic rings. The third kappa shape index (κ3) is 2.75. The maximum Gasteiger partial charge on any atom is 0.236 e. The highest BCUT2D eigenvalue weighted by Crippen LogP contribution is 2.33. The average molecular weight is 298 g/mol. The molecule has 0 saturated carbocycles. The second kappa shape index (κ2) is 6.19. The molecule has 0 atom stereocenters. The minimum atomic E-state index is -0.974. The van der Waals surface area contributed by atoms with E-state index in [1.54, 1.807) is 17.5 Å². The average Bonchev–Trinajstić information content (AvgIpc) is 2.99. The Morgan fingerprint density at radius 2 is 2.35 bits per heavy atom. The molecule has 1 aliphatic heterocycles. The predicted molar refractivity (Wildman–Crippen MR) is 74.5 cm³/mol. The number of amides is 1. The fourth-order valence-corrected chi connectivity index (χ4v) is 2.94. The van der Waals surface area contributed by atoms with Gasteiger partial charge in [0.05, 0.1) is 17.7 Å². The van der Waals surface area contributed by atoms with Crippen LogP contribution in [0.2, 0.25) is 0 Å². The Labute approximate surface area is 121 Å². The molecule has 0 aromatic carbocycles. The number of hydrogen-bond donors (Lipinski definition) is 2. The second-order valence-corrected chi connectivity index (χ2v) is 5.54. The van der Waals surface area contributed by atoms with E-state index in [1.807, 2.05) is 5.38 Å². The van der Waals surface area contributed by atoms with E-state index >= 15 is 0 Å². The van der Waals surface area contributed by atoms with Crippen molar-refractivity contribution in [1.82, 2.24) is 9.88 Å². The molecule has 7 nitrogen and oxygen atoms in total. The van der Waals surface area contributed by atoms with Crippen molar-refractivity contribution in [1.29, 1.82) is 0 Å². The zero-order chi connectivity index (χ0) is 14.6. The lowest BCUT2D eigenvalue weighted by Crippen LogP contribution is -2.53. The first-order valence-corrected chi connectivity index (χ1v) is 7.23. The lowest BCUT2D eigenvalue weighted by atomic mass is 9.77. The molecule has 3 N–H and O–H groups in total. The summed E-state index contributed by atoms with van der Waals surface area (Å²) in [5, 5.41) is 13.9. The molecule has 0 spiro atoms. The van der Waals surface area contributed by atoms with Crippen molar-refractivity contribution in [3.05, 3.63) is 16.6 Å². The van der Waals surface area contributed by atoms with Crippen LogP contribution in [0.1, 0.15) is 18.5 Å². The third-order valence-electron chi connectivity index (χ3n) is 3.58. The van der Waals surface area contributed by atoms with Gasteiger partial charge in [-0.3, -0.25) is 4.79 Å². The number of nitrogens with two attached hydrogens (primary N) is 1. The smallest absolute Gasteiger partial charge is 0.236 e. The van der Waals surface area contributed by atoms with Crippen LogP contribution in [0.3, 0.4) is 0 Å². The first-order chi connectivity index (χ1) is 9.60. The van der Waals surface area contributed by atoms with Gasteiger partial charge in [0.2, 0.25) is 5.91 Å². The van der Waals surface area contributed by atoms with Gasteiger partial charge in [-0.2, -0.15) is 0 Å². The van der Waals surface area contributed by atoms with Crippen LogP contribution in [0.15, 0.2) is 16.0 Å². The molecule has 0 aliphatic carbocycles. The summed E-state index contributed by atoms with van der Waals surface area (Å²) in [6, 6.07) is 0. The van der Waals surface area contributed by atoms with Crippen molar-refractivity contribution in [2.75, 3.05) is 20.3 Å². The van der Waals surface area contributed by atoms with Crippen molar-refractivity contribution in [3.8, 4) is 0 Å². The first kappa shape index (κ1) is 14.7. The number of thiazole rings is 1. The van der Waals surface area contributed by atoms with Crippen LogP contribution in [-0.4, -0.2) is 47.1 Å². The second-order valence-electron chi connectivity index (χ2n) is 4.82. The van der Waals surface area contributed by atoms with Gasteiger partial charge in [0.1, 0.15) is 5.41 Å². The molecule has 1 saturated heterocycles. The molecule has 1 fully saturated rings. The summed E-state index contributed by atoms with van der Waals surface area (Å²) in [5.74, 6) is -0.208. The maximum atomic E-state index is 12.7. The number of carbonyl (C=O) groups excluding carboxylic acids is 1. The van der Waals surface area contributed by atoms with E-state index in [2.05, 4.69) is 10.1 Å². The van der Waals surface area contributed by atoms with Gasteiger partial charge in [-0.15, -0.1) is 11.3 Å². The summed E-state index contributed by atoms with van der Waals surface area (Å²) in [6.45, 7) is 1.25. The Hall–Kier alpha value is -1.67. The summed E-state index contributed by atoms with van der Waals surface area (Å²) in [5.41, 5.74) is 7.35. The minimum absolute atomic E-state index is 0.0454. The Balaban J connectivity index is 2.18. The van der Waals surface area contributed by atoms with E-state index in [4.69, 9.17) is 15.7 Å². The van der Waals surface area contributed by atoms with Gasteiger partial charge in [0.15, 0.2) is 5.84 Å². The zero-order valence-corrected chi connectivity index (χ0v) is 12.1. The van der Waals surface area contributed by atoms with Crippen LogP contribution in [0.25, 0.3) is 0 Å². The number of rotatable bonds is 4. The molecular formula is C12H18N4O3S. The molecule has 0 bridgehead atoms. The van der Waals surface area contributed by atoms with E-state index < -0.39 is 5.41 Å². The summed E-state index contributed by atoms with van der Waals surface area (Å²) < 4.78 is 5.28. The predicted octanol–water partition coefficient (Wildman–Crippen LogP) is 0.645. The first-order valence-electron chi connectivity index (χ1n) is 6.28. The van der Waals surface area contributed by atoms with Crippen LogP contribution in [0.5, 0.6) is 0 Å². The highest BCUT2D eigenvalue weighted by atomic mass is 32.1. The lowest BCUT2D eigenvalue weighted by molar-refractivity contribution is -0.141. The fourth-order valence-electron chi connectivity index (χ4n) is 2.39. The SMILES string of the molecule is CN(Cc1cscn1)C(=O)C1(C(N)=NO)CCOCC1. The van der Waals surface area contributed by atoms with E-state index in [-0.39, 0.29) is 11.7 Å². The zero-order valence-electron chi connectivity index (χ0n) is 11.3. The number of hydrogen-bond acceptors (Lipinski definition) is 6. The van der Waals surface area contributed by atoms with E-state index in [1.165, 1.54) is 11.3 Å². The van der Waals surface area contributed by atoms with Crippen LogP contribution in [-0.2, 0) is 16.1 Å². The van der Waals surface area contributed by atoms with Crippen LogP contribution >= 0.6 is 11.3 Å². The van der Waals surface area contributed by atoms with Gasteiger partial charge in [-0.05, 0) is 12.8 Å². The molecule has 110 valence electrons. The summed E-state index contributed by atoms with van der Waals surface area (Å²) in [4.78, 5) is 18.4. The number of oxime groups is 1. The van der Waals surface area contributed by atoms with Gasteiger partial charge >= 0.3 is 0 Å². The topological polar surface area (TPSA) is 101 Å². The molecule has 0 unspecified atom stereocenters. The highest BCUT2D eigenvalue weighted by Gasteiger charge is 2.46. The van der Waals surface area contributed by atoms with Gasteiger partial charge in [0.25, 0.3) is 0 Å². The van der Waals surface area contributed by atoms with Crippen molar-refractivity contribution in [2.45, 2.75) is 19.4 Å². The molecule has 1 aromatic rings. The maximum absolute atomic E-state index is 12.7. The monoisotopic (exact) mass is 298 g/mol. The number of nitrogens with zero attached hydrogens (tertiary/aromatic N) is 3. The quantitative estimate of drug-likeness (QED) is 0.368. The summed E-state index contributed by atoms with van der Waals surface area (Å²) in [7, 11) is 1.70. The molecular weight excluding hydrogens is 280 g/mol. The largest absolute Gasteiger partial charge is 0.409 e. The Kier molecular flexibility index (Phi) is 4.56. The number of carbonyl (C=O) groups is 1. The summed E-state index contributed by atoms with van der Waals surface area (Å²) >= 11 is 1.48. The van der Waals surface area contributed by atoms with Crippen LogP contribution < -0.4 is 5.73 Å². The molecule has 1 aromatic heterocycles. The number of amidine groups is 1. The minimum Gasteiger partial charge on any atom is -0.409 e. The molecule has 20 heavy (non-hydrogen) atoms. The van der Waals surface area contributed by atoms with Gasteiger partial charge < -0.3 is 20.6 Å². The Morgan fingerprint density at radius 1 is 1.65 bits per heavy atom. The molecule has 8 heteroatoms. The Bertz CT molecular complexity index is 483.